The fraction of sp³-hybridized carbons (Fsp3) is 0.154. The first-order chi connectivity index (χ1) is 16.0. The zero-order valence-electron chi connectivity index (χ0n) is 18.3. The van der Waals surface area contributed by atoms with E-state index in [2.05, 4.69) is 10.6 Å². The quantitative estimate of drug-likeness (QED) is 0.371. The highest BCUT2D eigenvalue weighted by Crippen LogP contribution is 2.33. The zero-order chi connectivity index (χ0) is 23.4. The number of hydrogen-bond donors (Lipinski definition) is 2. The maximum Gasteiger partial charge on any atom is 0.262 e. The second kappa shape index (κ2) is 9.94. The first-order valence-electron chi connectivity index (χ1n) is 10.4. The van der Waals surface area contributed by atoms with Gasteiger partial charge in [-0.05, 0) is 48.9 Å². The lowest BCUT2D eigenvalue weighted by atomic mass is 10.1. The summed E-state index contributed by atoms with van der Waals surface area (Å²) >= 11 is 1.24. The minimum atomic E-state index is -0.369. The number of carbonyl (C=O) groups is 2. The van der Waals surface area contributed by atoms with Gasteiger partial charge in [-0.3, -0.25) is 9.59 Å². The lowest BCUT2D eigenvalue weighted by Gasteiger charge is -2.09. The van der Waals surface area contributed by atoms with E-state index in [0.717, 1.165) is 11.1 Å². The predicted molar refractivity (Wildman–Crippen MR) is 129 cm³/mol. The largest absolute Gasteiger partial charge is 0.380 e. The molecule has 0 aliphatic rings. The Hall–Kier alpha value is -3.55. The summed E-state index contributed by atoms with van der Waals surface area (Å²) in [7, 11) is 1.52. The molecular weight excluding hydrogens is 439 g/mol. The number of halogens is 1. The van der Waals surface area contributed by atoms with Crippen molar-refractivity contribution in [1.82, 2.24) is 5.32 Å². The summed E-state index contributed by atoms with van der Waals surface area (Å²) in [6.45, 7) is 2.37. The number of anilines is 1. The fourth-order valence-electron chi connectivity index (χ4n) is 3.56. The van der Waals surface area contributed by atoms with E-state index in [1.165, 1.54) is 24.5 Å². The van der Waals surface area contributed by atoms with Gasteiger partial charge in [-0.1, -0.05) is 35.9 Å². The molecule has 2 N–H and O–H groups in total. The van der Waals surface area contributed by atoms with E-state index in [0.29, 0.717) is 31.8 Å². The maximum absolute atomic E-state index is 14.4. The highest BCUT2D eigenvalue weighted by molar-refractivity contribution is 7.21. The topological polar surface area (TPSA) is 67.4 Å². The Morgan fingerprint density at radius 3 is 2.52 bits per heavy atom. The highest BCUT2D eigenvalue weighted by atomic mass is 32.1. The number of benzene rings is 3. The van der Waals surface area contributed by atoms with Gasteiger partial charge in [0.05, 0.1) is 11.5 Å². The van der Waals surface area contributed by atoms with E-state index in [1.807, 2.05) is 37.3 Å². The standard InChI is InChI=1S/C26H23FN2O3S/c1-16-9-11-18(12-10-16)25(30)29-19-6-3-5-17(13-19)14-28-26(31)24-20(15-32-2)23-21(27)7-4-8-22(23)33-24/h3-13H,14-15H2,1-2H3,(H,28,31)(H,29,30). The molecule has 7 heteroatoms. The maximum atomic E-state index is 14.4. The minimum absolute atomic E-state index is 0.143. The van der Waals surface area contributed by atoms with Crippen LogP contribution in [0.15, 0.2) is 66.7 Å². The van der Waals surface area contributed by atoms with Crippen molar-refractivity contribution >= 4 is 38.9 Å². The molecule has 2 amide bonds. The Morgan fingerprint density at radius 2 is 1.76 bits per heavy atom. The van der Waals surface area contributed by atoms with E-state index in [9.17, 15) is 14.0 Å². The predicted octanol–water partition coefficient (Wildman–Crippen LogP) is 5.68. The van der Waals surface area contributed by atoms with Crippen LogP contribution < -0.4 is 10.6 Å². The lowest BCUT2D eigenvalue weighted by Crippen LogP contribution is -2.23. The van der Waals surface area contributed by atoms with E-state index < -0.39 is 0 Å². The van der Waals surface area contributed by atoms with Crippen LogP contribution in [-0.4, -0.2) is 18.9 Å². The van der Waals surface area contributed by atoms with Crippen LogP contribution in [0.2, 0.25) is 0 Å². The van der Waals surface area contributed by atoms with Crippen LogP contribution in [0.1, 0.15) is 36.7 Å². The van der Waals surface area contributed by atoms with Gasteiger partial charge in [-0.2, -0.15) is 0 Å². The second-order valence-electron chi connectivity index (χ2n) is 7.66. The molecule has 1 aromatic heterocycles. The van der Waals surface area contributed by atoms with Gasteiger partial charge in [0.15, 0.2) is 0 Å². The zero-order valence-corrected chi connectivity index (χ0v) is 19.1. The molecule has 0 aliphatic heterocycles. The summed E-state index contributed by atoms with van der Waals surface area (Å²) in [5.41, 5.74) is 3.66. The number of methoxy groups -OCH3 is 1. The van der Waals surface area contributed by atoms with Gasteiger partial charge in [0.1, 0.15) is 5.82 Å². The number of nitrogens with one attached hydrogen (secondary N) is 2. The Kier molecular flexibility index (Phi) is 6.82. The highest BCUT2D eigenvalue weighted by Gasteiger charge is 2.20. The van der Waals surface area contributed by atoms with Crippen LogP contribution in [-0.2, 0) is 17.9 Å². The molecule has 0 atom stereocenters. The normalized spacial score (nSPS) is 10.9. The summed E-state index contributed by atoms with van der Waals surface area (Å²) in [6, 6.07) is 19.4. The fourth-order valence-corrected chi connectivity index (χ4v) is 4.70. The molecule has 0 unspecified atom stereocenters. The molecule has 0 radical (unpaired) electrons. The Morgan fingerprint density at radius 1 is 1.00 bits per heavy atom. The summed E-state index contributed by atoms with van der Waals surface area (Å²) in [5.74, 6) is -0.865. The average molecular weight is 463 g/mol. The molecule has 5 nitrogen and oxygen atoms in total. The van der Waals surface area contributed by atoms with Crippen LogP contribution in [0.3, 0.4) is 0 Å². The van der Waals surface area contributed by atoms with Crippen molar-refractivity contribution in [1.29, 1.82) is 0 Å². The van der Waals surface area contributed by atoms with Gasteiger partial charge in [-0.25, -0.2) is 4.39 Å². The van der Waals surface area contributed by atoms with Crippen molar-refractivity contribution in [3.05, 3.63) is 99.7 Å². The van der Waals surface area contributed by atoms with Crippen LogP contribution in [0.25, 0.3) is 10.1 Å². The van der Waals surface area contributed by atoms with Crippen molar-refractivity contribution in [2.24, 2.45) is 0 Å². The number of carbonyl (C=O) groups excluding carboxylic acids is 2. The van der Waals surface area contributed by atoms with Crippen molar-refractivity contribution in [3.63, 3.8) is 0 Å². The van der Waals surface area contributed by atoms with Gasteiger partial charge >= 0.3 is 0 Å². The van der Waals surface area contributed by atoms with Crippen molar-refractivity contribution in [2.45, 2.75) is 20.1 Å². The number of rotatable bonds is 7. The number of amides is 2. The van der Waals surface area contributed by atoms with Gasteiger partial charge in [0, 0.05) is 40.6 Å². The van der Waals surface area contributed by atoms with Crippen LogP contribution >= 0.6 is 11.3 Å². The summed E-state index contributed by atoms with van der Waals surface area (Å²) < 4.78 is 20.3. The van der Waals surface area contributed by atoms with E-state index >= 15 is 0 Å². The number of ether oxygens (including phenoxy) is 1. The molecule has 0 saturated carbocycles. The summed E-state index contributed by atoms with van der Waals surface area (Å²) in [5, 5.41) is 6.20. The summed E-state index contributed by atoms with van der Waals surface area (Å²) in [6.07, 6.45) is 0. The molecule has 0 fully saturated rings. The number of fused-ring (bicyclic) bond motifs is 1. The SMILES string of the molecule is COCc1c(C(=O)NCc2cccc(NC(=O)c3ccc(C)cc3)c2)sc2cccc(F)c12. The minimum Gasteiger partial charge on any atom is -0.380 e. The molecule has 1 heterocycles. The molecule has 0 aliphatic carbocycles. The number of hydrogen-bond acceptors (Lipinski definition) is 4. The lowest BCUT2D eigenvalue weighted by molar-refractivity contribution is 0.0949. The van der Waals surface area contributed by atoms with E-state index in [4.69, 9.17) is 4.74 Å². The Balaban J connectivity index is 1.47. The molecule has 4 rings (SSSR count). The Bertz CT molecular complexity index is 1320. The number of aryl methyl sites for hydroxylation is 1. The van der Waals surface area contributed by atoms with Crippen LogP contribution in [0.5, 0.6) is 0 Å². The van der Waals surface area contributed by atoms with Gasteiger partial charge < -0.3 is 15.4 Å². The van der Waals surface area contributed by atoms with Gasteiger partial charge in [0.25, 0.3) is 11.8 Å². The van der Waals surface area contributed by atoms with Crippen LogP contribution in [0, 0.1) is 12.7 Å². The number of thiophene rings is 1. The van der Waals surface area contributed by atoms with Crippen molar-refractivity contribution < 1.29 is 18.7 Å². The van der Waals surface area contributed by atoms with Crippen LogP contribution in [0.4, 0.5) is 10.1 Å². The van der Waals surface area contributed by atoms with Gasteiger partial charge in [0.2, 0.25) is 0 Å². The molecule has 168 valence electrons. The average Bonchev–Trinajstić information content (AvgIpc) is 3.18. The van der Waals surface area contributed by atoms with E-state index in [1.54, 1.807) is 30.3 Å². The molecule has 0 spiro atoms. The van der Waals surface area contributed by atoms with Crippen molar-refractivity contribution in [3.8, 4) is 0 Å². The third-order valence-electron chi connectivity index (χ3n) is 5.21. The smallest absolute Gasteiger partial charge is 0.262 e. The molecule has 3 aromatic carbocycles. The third kappa shape index (κ3) is 5.10. The summed E-state index contributed by atoms with van der Waals surface area (Å²) in [4.78, 5) is 25.8. The van der Waals surface area contributed by atoms with E-state index in [-0.39, 0.29) is 30.8 Å². The Labute approximate surface area is 195 Å². The molecule has 0 saturated heterocycles. The van der Waals surface area contributed by atoms with Crippen molar-refractivity contribution in [2.75, 3.05) is 12.4 Å². The first kappa shape index (κ1) is 22.6. The molecular formula is C26H23FN2O3S. The molecule has 33 heavy (non-hydrogen) atoms. The van der Waals surface area contributed by atoms with Gasteiger partial charge in [-0.15, -0.1) is 11.3 Å². The second-order valence-corrected chi connectivity index (χ2v) is 8.71. The molecule has 0 bridgehead atoms. The first-order valence-corrected chi connectivity index (χ1v) is 11.2. The third-order valence-corrected chi connectivity index (χ3v) is 6.41. The monoisotopic (exact) mass is 462 g/mol. The molecule has 4 aromatic rings.